The van der Waals surface area contributed by atoms with Crippen LogP contribution in [0.3, 0.4) is 0 Å². The van der Waals surface area contributed by atoms with Gasteiger partial charge in [-0.2, -0.15) is 0 Å². The van der Waals surface area contributed by atoms with E-state index in [1.54, 1.807) is 9.13 Å². The minimum absolute atomic E-state index is 0.0486. The second kappa shape index (κ2) is 6.64. The van der Waals surface area contributed by atoms with E-state index in [0.717, 1.165) is 13.0 Å². The molecule has 0 aromatic carbocycles. The van der Waals surface area contributed by atoms with Gasteiger partial charge in [0, 0.05) is 25.0 Å². The van der Waals surface area contributed by atoms with E-state index in [2.05, 4.69) is 13.8 Å². The zero-order valence-electron chi connectivity index (χ0n) is 11.3. The Morgan fingerprint density at radius 3 is 2.41 bits per heavy atom. The summed E-state index contributed by atoms with van der Waals surface area (Å²) in [5.74, 6) is 0.666. The van der Waals surface area contributed by atoms with Crippen molar-refractivity contribution >= 4 is 0 Å². The molecule has 0 saturated heterocycles. The summed E-state index contributed by atoms with van der Waals surface area (Å²) in [6, 6.07) is 0.214. The Labute approximate surface area is 103 Å². The van der Waals surface area contributed by atoms with Crippen LogP contribution >= 0.6 is 0 Å². The van der Waals surface area contributed by atoms with Crippen molar-refractivity contribution < 1.29 is 4.74 Å². The van der Waals surface area contributed by atoms with Crippen LogP contribution in [0, 0.1) is 5.92 Å². The molecule has 0 bridgehead atoms. The first-order valence-corrected chi connectivity index (χ1v) is 6.37. The van der Waals surface area contributed by atoms with E-state index >= 15 is 0 Å². The molecule has 0 aliphatic heterocycles. The number of rotatable bonds is 7. The van der Waals surface area contributed by atoms with Crippen LogP contribution in [-0.2, 0) is 11.3 Å². The van der Waals surface area contributed by atoms with E-state index in [4.69, 9.17) is 4.74 Å². The second-order valence-electron chi connectivity index (χ2n) is 5.07. The van der Waals surface area contributed by atoms with Crippen molar-refractivity contribution in [1.29, 1.82) is 0 Å². The highest BCUT2D eigenvalue weighted by Crippen LogP contribution is 2.00. The van der Waals surface area contributed by atoms with Crippen molar-refractivity contribution in [2.24, 2.45) is 5.92 Å². The Balaban J connectivity index is 2.35. The van der Waals surface area contributed by atoms with Gasteiger partial charge in [0.05, 0.1) is 13.2 Å². The molecular weight excluding hydrogens is 216 g/mol. The van der Waals surface area contributed by atoms with Gasteiger partial charge in [-0.15, -0.1) is 0 Å². The number of imidazole rings is 1. The van der Waals surface area contributed by atoms with Gasteiger partial charge < -0.3 is 4.74 Å². The lowest BCUT2D eigenvalue weighted by molar-refractivity contribution is 0.115. The zero-order valence-corrected chi connectivity index (χ0v) is 11.3. The third kappa shape index (κ3) is 4.38. The van der Waals surface area contributed by atoms with Crippen LogP contribution in [0.15, 0.2) is 17.2 Å². The maximum atomic E-state index is 11.9. The molecule has 1 aromatic rings. The van der Waals surface area contributed by atoms with Gasteiger partial charge in [0.2, 0.25) is 0 Å². The van der Waals surface area contributed by atoms with Crippen LogP contribution in [0.5, 0.6) is 0 Å². The van der Waals surface area contributed by atoms with Crippen molar-refractivity contribution in [3.63, 3.8) is 0 Å². The van der Waals surface area contributed by atoms with Gasteiger partial charge >= 0.3 is 5.69 Å². The van der Waals surface area contributed by atoms with Gasteiger partial charge in [0.15, 0.2) is 0 Å². The molecule has 0 amide bonds. The molecule has 4 heteroatoms. The normalized spacial score (nSPS) is 11.6. The lowest BCUT2D eigenvalue weighted by Crippen LogP contribution is -2.26. The SMILES string of the molecule is CC(C)CCOCCn1ccn(C(C)C)c1=O. The summed E-state index contributed by atoms with van der Waals surface area (Å²) in [6.07, 6.45) is 4.73. The van der Waals surface area contributed by atoms with Crippen LogP contribution in [-0.4, -0.2) is 22.3 Å². The van der Waals surface area contributed by atoms with Crippen LogP contribution < -0.4 is 5.69 Å². The fourth-order valence-corrected chi connectivity index (χ4v) is 1.58. The molecule has 0 fully saturated rings. The van der Waals surface area contributed by atoms with Gasteiger partial charge in [-0.05, 0) is 26.2 Å². The van der Waals surface area contributed by atoms with E-state index < -0.39 is 0 Å². The molecule has 1 heterocycles. The van der Waals surface area contributed by atoms with Crippen LogP contribution in [0.1, 0.15) is 40.2 Å². The molecule has 0 aliphatic carbocycles. The summed E-state index contributed by atoms with van der Waals surface area (Å²) < 4.78 is 8.94. The van der Waals surface area contributed by atoms with Crippen molar-refractivity contribution in [2.75, 3.05) is 13.2 Å². The standard InChI is InChI=1S/C13H24N2O2/c1-11(2)5-9-17-10-8-14-6-7-15(12(3)4)13(14)16/h6-7,11-12H,5,8-10H2,1-4H3. The summed E-state index contributed by atoms with van der Waals surface area (Å²) in [7, 11) is 0. The molecular formula is C13H24N2O2. The molecule has 0 unspecified atom stereocenters. The third-order valence-electron chi connectivity index (χ3n) is 2.75. The maximum Gasteiger partial charge on any atom is 0.328 e. The Morgan fingerprint density at radius 2 is 1.88 bits per heavy atom. The molecule has 4 nitrogen and oxygen atoms in total. The zero-order chi connectivity index (χ0) is 12.8. The van der Waals surface area contributed by atoms with E-state index in [0.29, 0.717) is 19.1 Å². The Bertz CT molecular complexity index is 377. The lowest BCUT2D eigenvalue weighted by Gasteiger charge is -2.07. The van der Waals surface area contributed by atoms with Crippen molar-refractivity contribution in [3.8, 4) is 0 Å². The van der Waals surface area contributed by atoms with Gasteiger partial charge in [-0.25, -0.2) is 4.79 Å². The number of aromatic nitrogens is 2. The Morgan fingerprint density at radius 1 is 1.18 bits per heavy atom. The predicted octanol–water partition coefficient (Wildman–Crippen LogP) is 2.29. The first kappa shape index (κ1) is 14.0. The van der Waals surface area contributed by atoms with E-state index in [9.17, 15) is 4.79 Å². The number of ether oxygens (including phenoxy) is 1. The highest BCUT2D eigenvalue weighted by molar-refractivity contribution is 4.83. The molecule has 17 heavy (non-hydrogen) atoms. The fourth-order valence-electron chi connectivity index (χ4n) is 1.58. The molecule has 98 valence electrons. The molecule has 1 aromatic heterocycles. The quantitative estimate of drug-likeness (QED) is 0.686. The third-order valence-corrected chi connectivity index (χ3v) is 2.75. The molecule has 0 atom stereocenters. The molecule has 1 rings (SSSR count). The van der Waals surface area contributed by atoms with Crippen molar-refractivity contribution in [3.05, 3.63) is 22.9 Å². The second-order valence-corrected chi connectivity index (χ2v) is 5.07. The van der Waals surface area contributed by atoms with Crippen LogP contribution in [0.4, 0.5) is 0 Å². The molecule has 0 N–H and O–H groups in total. The summed E-state index contributed by atoms with van der Waals surface area (Å²) in [5, 5.41) is 0. The van der Waals surface area contributed by atoms with Gasteiger partial charge in [-0.1, -0.05) is 13.8 Å². The summed E-state index contributed by atoms with van der Waals surface area (Å²) in [5.41, 5.74) is 0.0486. The lowest BCUT2D eigenvalue weighted by atomic mass is 10.1. The summed E-state index contributed by atoms with van der Waals surface area (Å²) in [4.78, 5) is 11.9. The average molecular weight is 240 g/mol. The van der Waals surface area contributed by atoms with Gasteiger partial charge in [0.25, 0.3) is 0 Å². The Hall–Kier alpha value is -1.03. The Kier molecular flexibility index (Phi) is 5.48. The molecule has 0 aliphatic rings. The molecule has 0 saturated carbocycles. The van der Waals surface area contributed by atoms with E-state index in [-0.39, 0.29) is 11.7 Å². The minimum atomic E-state index is 0.0486. The van der Waals surface area contributed by atoms with Crippen molar-refractivity contribution in [1.82, 2.24) is 9.13 Å². The average Bonchev–Trinajstić information content (AvgIpc) is 2.59. The smallest absolute Gasteiger partial charge is 0.328 e. The number of hydrogen-bond acceptors (Lipinski definition) is 2. The van der Waals surface area contributed by atoms with Gasteiger partial charge in [-0.3, -0.25) is 9.13 Å². The van der Waals surface area contributed by atoms with Crippen LogP contribution in [0.25, 0.3) is 0 Å². The first-order valence-electron chi connectivity index (χ1n) is 6.37. The number of hydrogen-bond donors (Lipinski definition) is 0. The van der Waals surface area contributed by atoms with Crippen molar-refractivity contribution in [2.45, 2.75) is 46.7 Å². The minimum Gasteiger partial charge on any atom is -0.380 e. The summed E-state index contributed by atoms with van der Waals surface area (Å²) in [6.45, 7) is 10.4. The highest BCUT2D eigenvalue weighted by Gasteiger charge is 2.05. The summed E-state index contributed by atoms with van der Waals surface area (Å²) >= 11 is 0. The topological polar surface area (TPSA) is 36.2 Å². The highest BCUT2D eigenvalue weighted by atomic mass is 16.5. The fraction of sp³-hybridized carbons (Fsp3) is 0.769. The van der Waals surface area contributed by atoms with Gasteiger partial charge in [0.1, 0.15) is 0 Å². The maximum absolute atomic E-state index is 11.9. The van der Waals surface area contributed by atoms with Crippen LogP contribution in [0.2, 0.25) is 0 Å². The molecule has 0 spiro atoms. The van der Waals surface area contributed by atoms with E-state index in [1.807, 2.05) is 26.2 Å². The monoisotopic (exact) mass is 240 g/mol. The van der Waals surface area contributed by atoms with E-state index in [1.165, 1.54) is 0 Å². The number of nitrogens with zero attached hydrogens (tertiary/aromatic N) is 2. The predicted molar refractivity (Wildman–Crippen MR) is 69.4 cm³/mol. The first-order chi connectivity index (χ1) is 8.02. The molecule has 0 radical (unpaired) electrons. The largest absolute Gasteiger partial charge is 0.380 e.